The average Bonchev–Trinajstić information content (AvgIpc) is 2.44. The van der Waals surface area contributed by atoms with Crippen molar-refractivity contribution in [3.8, 4) is 0 Å². The molecule has 2 nitrogen and oxygen atoms in total. The molecule has 1 aliphatic heterocycles. The molecule has 2 aliphatic carbocycles. The highest BCUT2D eigenvalue weighted by molar-refractivity contribution is 5.02. The van der Waals surface area contributed by atoms with Crippen molar-refractivity contribution >= 4 is 0 Å². The molecule has 1 heterocycles. The molecule has 1 saturated heterocycles. The molecular formula is C16H29NO. The summed E-state index contributed by atoms with van der Waals surface area (Å²) in [7, 11) is 0. The standard InChI is InChI=1S/C16H29NO/c1-13-7-9-16(10-8-13)15(17-11-12-18-16)14-5-3-2-4-6-14/h13-15,17H,2-12H2,1H3. The molecule has 0 aromatic rings. The fraction of sp³-hybridized carbons (Fsp3) is 1.00. The molecular weight excluding hydrogens is 222 g/mol. The molecule has 3 aliphatic rings. The summed E-state index contributed by atoms with van der Waals surface area (Å²) in [6.45, 7) is 4.40. The Hall–Kier alpha value is -0.0800. The fourth-order valence-electron chi connectivity index (χ4n) is 4.51. The van der Waals surface area contributed by atoms with Crippen LogP contribution in [-0.2, 0) is 4.74 Å². The Kier molecular flexibility index (Phi) is 3.95. The molecule has 3 rings (SSSR count). The molecule has 0 aromatic carbocycles. The topological polar surface area (TPSA) is 21.3 Å². The van der Waals surface area contributed by atoms with Crippen LogP contribution in [0.4, 0.5) is 0 Å². The van der Waals surface area contributed by atoms with Crippen LogP contribution < -0.4 is 5.32 Å². The zero-order chi connectivity index (χ0) is 12.4. The second kappa shape index (κ2) is 5.50. The van der Waals surface area contributed by atoms with Crippen molar-refractivity contribution in [3.05, 3.63) is 0 Å². The van der Waals surface area contributed by atoms with Crippen LogP contribution in [0.3, 0.4) is 0 Å². The van der Waals surface area contributed by atoms with Gasteiger partial charge in [0.15, 0.2) is 0 Å². The largest absolute Gasteiger partial charge is 0.372 e. The minimum absolute atomic E-state index is 0.201. The molecule has 3 fully saturated rings. The average molecular weight is 251 g/mol. The van der Waals surface area contributed by atoms with Crippen LogP contribution >= 0.6 is 0 Å². The Morgan fingerprint density at radius 2 is 1.72 bits per heavy atom. The van der Waals surface area contributed by atoms with Gasteiger partial charge in [-0.3, -0.25) is 0 Å². The normalized spacial score (nSPS) is 43.2. The predicted octanol–water partition coefficient (Wildman–Crippen LogP) is 3.50. The SMILES string of the molecule is CC1CCC2(CC1)OCCNC2C1CCCCC1. The first kappa shape index (κ1) is 12.9. The zero-order valence-electron chi connectivity index (χ0n) is 11.9. The van der Waals surface area contributed by atoms with Gasteiger partial charge in [-0.1, -0.05) is 26.2 Å². The van der Waals surface area contributed by atoms with Crippen molar-refractivity contribution < 1.29 is 4.74 Å². The van der Waals surface area contributed by atoms with E-state index in [0.29, 0.717) is 6.04 Å². The van der Waals surface area contributed by atoms with Crippen LogP contribution in [0, 0.1) is 11.8 Å². The Morgan fingerprint density at radius 1 is 1.00 bits per heavy atom. The van der Waals surface area contributed by atoms with Crippen molar-refractivity contribution in [2.45, 2.75) is 76.4 Å². The quantitative estimate of drug-likeness (QED) is 0.770. The number of hydrogen-bond acceptors (Lipinski definition) is 2. The number of nitrogens with one attached hydrogen (secondary N) is 1. The summed E-state index contributed by atoms with van der Waals surface area (Å²) in [5.74, 6) is 1.79. The van der Waals surface area contributed by atoms with Gasteiger partial charge >= 0.3 is 0 Å². The van der Waals surface area contributed by atoms with E-state index in [1.807, 2.05) is 0 Å². The summed E-state index contributed by atoms with van der Waals surface area (Å²) >= 11 is 0. The molecule has 2 heteroatoms. The van der Waals surface area contributed by atoms with Gasteiger partial charge in [-0.25, -0.2) is 0 Å². The van der Waals surface area contributed by atoms with Gasteiger partial charge in [0.1, 0.15) is 0 Å². The maximum Gasteiger partial charge on any atom is 0.0838 e. The second-order valence-corrected chi connectivity index (χ2v) is 6.93. The van der Waals surface area contributed by atoms with Crippen LogP contribution in [0.25, 0.3) is 0 Å². The first-order valence-corrected chi connectivity index (χ1v) is 8.17. The number of morpholine rings is 1. The third kappa shape index (κ3) is 2.46. The monoisotopic (exact) mass is 251 g/mol. The Labute approximate surface area is 112 Å². The first-order valence-electron chi connectivity index (χ1n) is 8.17. The minimum Gasteiger partial charge on any atom is -0.372 e. The van der Waals surface area contributed by atoms with Gasteiger partial charge in [-0.15, -0.1) is 0 Å². The first-order chi connectivity index (χ1) is 8.80. The van der Waals surface area contributed by atoms with Crippen LogP contribution in [0.2, 0.25) is 0 Å². The van der Waals surface area contributed by atoms with E-state index in [-0.39, 0.29) is 5.60 Å². The predicted molar refractivity (Wildman–Crippen MR) is 74.7 cm³/mol. The van der Waals surface area contributed by atoms with E-state index < -0.39 is 0 Å². The van der Waals surface area contributed by atoms with Gasteiger partial charge in [-0.05, 0) is 50.4 Å². The fourth-order valence-corrected chi connectivity index (χ4v) is 4.51. The zero-order valence-corrected chi connectivity index (χ0v) is 11.9. The Bertz CT molecular complexity index is 264. The van der Waals surface area contributed by atoms with E-state index in [9.17, 15) is 0 Å². The number of rotatable bonds is 1. The van der Waals surface area contributed by atoms with Crippen molar-refractivity contribution in [2.24, 2.45) is 11.8 Å². The summed E-state index contributed by atoms with van der Waals surface area (Å²) in [5, 5.41) is 3.84. The summed E-state index contributed by atoms with van der Waals surface area (Å²) in [5.41, 5.74) is 0.201. The van der Waals surface area contributed by atoms with E-state index in [1.54, 1.807) is 0 Å². The lowest BCUT2D eigenvalue weighted by molar-refractivity contribution is -0.137. The van der Waals surface area contributed by atoms with Gasteiger partial charge < -0.3 is 10.1 Å². The highest BCUT2D eigenvalue weighted by atomic mass is 16.5. The van der Waals surface area contributed by atoms with E-state index in [1.165, 1.54) is 57.8 Å². The van der Waals surface area contributed by atoms with Crippen molar-refractivity contribution in [1.29, 1.82) is 0 Å². The maximum absolute atomic E-state index is 6.36. The van der Waals surface area contributed by atoms with Crippen molar-refractivity contribution in [1.82, 2.24) is 5.32 Å². The van der Waals surface area contributed by atoms with Gasteiger partial charge in [0.05, 0.1) is 12.2 Å². The van der Waals surface area contributed by atoms with Gasteiger partial charge in [0.2, 0.25) is 0 Å². The van der Waals surface area contributed by atoms with E-state index in [2.05, 4.69) is 12.2 Å². The molecule has 104 valence electrons. The third-order valence-electron chi connectivity index (χ3n) is 5.66. The number of hydrogen-bond donors (Lipinski definition) is 1. The Balaban J connectivity index is 1.72. The van der Waals surface area contributed by atoms with Crippen LogP contribution in [0.1, 0.15) is 64.7 Å². The highest BCUT2D eigenvalue weighted by Gasteiger charge is 2.47. The van der Waals surface area contributed by atoms with Gasteiger partial charge in [0.25, 0.3) is 0 Å². The third-order valence-corrected chi connectivity index (χ3v) is 5.66. The van der Waals surface area contributed by atoms with E-state index in [4.69, 9.17) is 4.74 Å². The molecule has 1 N–H and O–H groups in total. The smallest absolute Gasteiger partial charge is 0.0838 e. The van der Waals surface area contributed by atoms with E-state index in [0.717, 1.165) is 25.0 Å². The molecule has 0 bridgehead atoms. The Morgan fingerprint density at radius 3 is 2.44 bits per heavy atom. The molecule has 1 spiro atoms. The van der Waals surface area contributed by atoms with Gasteiger partial charge in [-0.2, -0.15) is 0 Å². The molecule has 18 heavy (non-hydrogen) atoms. The molecule has 2 saturated carbocycles. The van der Waals surface area contributed by atoms with Crippen LogP contribution in [-0.4, -0.2) is 24.8 Å². The lowest BCUT2D eigenvalue weighted by Gasteiger charge is -2.51. The van der Waals surface area contributed by atoms with Crippen LogP contribution in [0.5, 0.6) is 0 Å². The minimum atomic E-state index is 0.201. The number of ether oxygens (including phenoxy) is 1. The second-order valence-electron chi connectivity index (χ2n) is 6.93. The highest BCUT2D eigenvalue weighted by Crippen LogP contribution is 2.43. The molecule has 0 radical (unpaired) electrons. The summed E-state index contributed by atoms with van der Waals surface area (Å²) in [6.07, 6.45) is 12.5. The molecule has 1 atom stereocenters. The van der Waals surface area contributed by atoms with Crippen molar-refractivity contribution in [2.75, 3.05) is 13.2 Å². The van der Waals surface area contributed by atoms with Crippen LogP contribution in [0.15, 0.2) is 0 Å². The van der Waals surface area contributed by atoms with Gasteiger partial charge in [0, 0.05) is 12.6 Å². The summed E-state index contributed by atoms with van der Waals surface area (Å²) in [6, 6.07) is 0.652. The lowest BCUT2D eigenvalue weighted by Crippen LogP contribution is -2.62. The summed E-state index contributed by atoms with van der Waals surface area (Å²) in [4.78, 5) is 0. The summed E-state index contributed by atoms with van der Waals surface area (Å²) < 4.78 is 6.36. The molecule has 0 aromatic heterocycles. The van der Waals surface area contributed by atoms with E-state index >= 15 is 0 Å². The maximum atomic E-state index is 6.36. The molecule has 0 amide bonds. The molecule has 1 unspecified atom stereocenters. The lowest BCUT2D eigenvalue weighted by atomic mass is 9.68. The van der Waals surface area contributed by atoms with Crippen molar-refractivity contribution in [3.63, 3.8) is 0 Å².